The molecule has 1 aromatic heterocycles. The van der Waals surface area contributed by atoms with Gasteiger partial charge in [0.1, 0.15) is 0 Å². The number of nitriles is 1. The van der Waals surface area contributed by atoms with Crippen molar-refractivity contribution in [1.29, 1.82) is 5.26 Å². The highest BCUT2D eigenvalue weighted by Crippen LogP contribution is 2.05. The van der Waals surface area contributed by atoms with E-state index in [0.717, 1.165) is 12.2 Å². The third kappa shape index (κ3) is 3.24. The molecule has 0 aliphatic rings. The van der Waals surface area contributed by atoms with Crippen molar-refractivity contribution in [2.45, 2.75) is 33.1 Å². The molecule has 0 aromatic carbocycles. The van der Waals surface area contributed by atoms with Crippen molar-refractivity contribution in [3.05, 3.63) is 11.7 Å². The minimum Gasteiger partial charge on any atom is -0.339 e. The molecule has 0 spiro atoms. The van der Waals surface area contributed by atoms with Crippen LogP contribution in [0.1, 0.15) is 32.0 Å². The van der Waals surface area contributed by atoms with Crippen molar-refractivity contribution in [2.75, 3.05) is 0 Å². The number of hydrogen-bond donors (Lipinski definition) is 0. The van der Waals surface area contributed by atoms with Crippen molar-refractivity contribution < 1.29 is 4.52 Å². The number of aromatic nitrogens is 2. The Morgan fingerprint density at radius 1 is 1.54 bits per heavy atom. The van der Waals surface area contributed by atoms with Gasteiger partial charge in [0.15, 0.2) is 5.82 Å². The van der Waals surface area contributed by atoms with Gasteiger partial charge in [-0.25, -0.2) is 0 Å². The third-order valence-corrected chi connectivity index (χ3v) is 1.55. The fourth-order valence-electron chi connectivity index (χ4n) is 1.00. The van der Waals surface area contributed by atoms with Crippen LogP contribution in [0.4, 0.5) is 0 Å². The fraction of sp³-hybridized carbons (Fsp3) is 0.667. The Balaban J connectivity index is 2.49. The molecule has 0 unspecified atom stereocenters. The summed E-state index contributed by atoms with van der Waals surface area (Å²) in [5.41, 5.74) is 0. The van der Waals surface area contributed by atoms with E-state index in [9.17, 15) is 0 Å². The average Bonchev–Trinajstić information content (AvgIpc) is 2.48. The monoisotopic (exact) mass is 179 g/mol. The van der Waals surface area contributed by atoms with Crippen molar-refractivity contribution in [3.8, 4) is 6.07 Å². The molecule has 4 heteroatoms. The molecule has 13 heavy (non-hydrogen) atoms. The molecule has 70 valence electrons. The number of nitrogens with zero attached hydrogens (tertiary/aromatic N) is 3. The van der Waals surface area contributed by atoms with E-state index >= 15 is 0 Å². The Labute approximate surface area is 77.6 Å². The van der Waals surface area contributed by atoms with Crippen LogP contribution in [0, 0.1) is 17.2 Å². The summed E-state index contributed by atoms with van der Waals surface area (Å²) in [6.45, 7) is 4.20. The van der Waals surface area contributed by atoms with Gasteiger partial charge in [0.2, 0.25) is 5.89 Å². The maximum Gasteiger partial charge on any atom is 0.227 e. The van der Waals surface area contributed by atoms with E-state index in [1.165, 1.54) is 0 Å². The van der Waals surface area contributed by atoms with E-state index in [-0.39, 0.29) is 0 Å². The molecule has 1 heterocycles. The van der Waals surface area contributed by atoms with E-state index in [2.05, 4.69) is 24.0 Å². The Morgan fingerprint density at radius 2 is 2.31 bits per heavy atom. The normalized spacial score (nSPS) is 10.3. The van der Waals surface area contributed by atoms with Gasteiger partial charge in [-0.1, -0.05) is 19.0 Å². The van der Waals surface area contributed by atoms with Crippen LogP contribution in [0.2, 0.25) is 0 Å². The Bertz CT molecular complexity index is 298. The molecule has 1 aromatic rings. The lowest BCUT2D eigenvalue weighted by atomic mass is 10.1. The first-order chi connectivity index (χ1) is 6.22. The Kier molecular flexibility index (Phi) is 3.44. The van der Waals surface area contributed by atoms with E-state index in [4.69, 9.17) is 9.78 Å². The van der Waals surface area contributed by atoms with Crippen LogP contribution in [-0.2, 0) is 12.8 Å². The number of rotatable bonds is 4. The first-order valence-corrected chi connectivity index (χ1v) is 4.40. The van der Waals surface area contributed by atoms with Crippen molar-refractivity contribution in [2.24, 2.45) is 5.92 Å². The highest BCUT2D eigenvalue weighted by molar-refractivity contribution is 4.89. The zero-order chi connectivity index (χ0) is 9.68. The zero-order valence-electron chi connectivity index (χ0n) is 7.95. The quantitative estimate of drug-likeness (QED) is 0.706. The summed E-state index contributed by atoms with van der Waals surface area (Å²) < 4.78 is 4.96. The molecule has 0 amide bonds. The van der Waals surface area contributed by atoms with Crippen LogP contribution in [0.25, 0.3) is 0 Å². The minimum absolute atomic E-state index is 0.434. The van der Waals surface area contributed by atoms with Gasteiger partial charge in [0, 0.05) is 19.3 Å². The lowest BCUT2D eigenvalue weighted by molar-refractivity contribution is 0.371. The molecule has 0 fully saturated rings. The van der Waals surface area contributed by atoms with Crippen LogP contribution in [0.3, 0.4) is 0 Å². The second-order valence-electron chi connectivity index (χ2n) is 3.36. The van der Waals surface area contributed by atoms with E-state index in [1.807, 2.05) is 6.07 Å². The molecule has 0 saturated carbocycles. The Morgan fingerprint density at radius 3 is 2.92 bits per heavy atom. The smallest absolute Gasteiger partial charge is 0.227 e. The summed E-state index contributed by atoms with van der Waals surface area (Å²) in [5.74, 6) is 1.83. The summed E-state index contributed by atoms with van der Waals surface area (Å²) in [6.07, 6.45) is 1.82. The first kappa shape index (κ1) is 9.72. The van der Waals surface area contributed by atoms with Gasteiger partial charge in [-0.15, -0.1) is 0 Å². The van der Waals surface area contributed by atoms with Gasteiger partial charge < -0.3 is 4.52 Å². The van der Waals surface area contributed by atoms with E-state index < -0.39 is 0 Å². The van der Waals surface area contributed by atoms with Crippen LogP contribution >= 0.6 is 0 Å². The summed E-state index contributed by atoms with van der Waals surface area (Å²) in [4.78, 5) is 4.16. The molecule has 0 N–H and O–H groups in total. The molecule has 1 rings (SSSR count). The van der Waals surface area contributed by atoms with Gasteiger partial charge in [0.05, 0.1) is 6.07 Å². The molecule has 4 nitrogen and oxygen atoms in total. The van der Waals surface area contributed by atoms with Gasteiger partial charge in [-0.3, -0.25) is 0 Å². The summed E-state index contributed by atoms with van der Waals surface area (Å²) in [5, 5.41) is 12.2. The topological polar surface area (TPSA) is 62.7 Å². The molecule has 0 radical (unpaired) electrons. The van der Waals surface area contributed by atoms with Gasteiger partial charge in [-0.2, -0.15) is 10.2 Å². The van der Waals surface area contributed by atoms with Crippen LogP contribution in [-0.4, -0.2) is 10.1 Å². The molecule has 0 aliphatic heterocycles. The maximum atomic E-state index is 8.34. The average molecular weight is 179 g/mol. The Hall–Kier alpha value is -1.37. The van der Waals surface area contributed by atoms with Gasteiger partial charge in [-0.05, 0) is 5.92 Å². The predicted molar refractivity (Wildman–Crippen MR) is 46.8 cm³/mol. The SMILES string of the molecule is CC(C)Cc1noc(CCC#N)n1. The molecule has 0 aliphatic carbocycles. The first-order valence-electron chi connectivity index (χ1n) is 4.40. The maximum absolute atomic E-state index is 8.34. The summed E-state index contributed by atoms with van der Waals surface area (Å²) in [6, 6.07) is 2.04. The number of hydrogen-bond acceptors (Lipinski definition) is 4. The second-order valence-corrected chi connectivity index (χ2v) is 3.36. The van der Waals surface area contributed by atoms with Gasteiger partial charge in [0.25, 0.3) is 0 Å². The van der Waals surface area contributed by atoms with Crippen molar-refractivity contribution in [1.82, 2.24) is 10.1 Å². The van der Waals surface area contributed by atoms with Gasteiger partial charge >= 0.3 is 0 Å². The van der Waals surface area contributed by atoms with Crippen molar-refractivity contribution >= 4 is 0 Å². The van der Waals surface area contributed by atoms with Crippen LogP contribution < -0.4 is 0 Å². The van der Waals surface area contributed by atoms with E-state index in [1.54, 1.807) is 0 Å². The lowest BCUT2D eigenvalue weighted by Gasteiger charge is -1.95. The molecular formula is C9H13N3O. The minimum atomic E-state index is 0.434. The standard InChI is InChI=1S/C9H13N3O/c1-7(2)6-8-11-9(13-12-8)4-3-5-10/h7H,3-4,6H2,1-2H3. The molecule has 0 bridgehead atoms. The molecular weight excluding hydrogens is 166 g/mol. The summed E-state index contributed by atoms with van der Waals surface area (Å²) in [7, 11) is 0. The molecule has 0 saturated heterocycles. The van der Waals surface area contributed by atoms with Crippen molar-refractivity contribution in [3.63, 3.8) is 0 Å². The highest BCUT2D eigenvalue weighted by atomic mass is 16.5. The lowest BCUT2D eigenvalue weighted by Crippen LogP contribution is -1.96. The van der Waals surface area contributed by atoms with E-state index in [0.29, 0.717) is 24.7 Å². The third-order valence-electron chi connectivity index (χ3n) is 1.55. The zero-order valence-corrected chi connectivity index (χ0v) is 7.95. The molecule has 0 atom stereocenters. The fourth-order valence-corrected chi connectivity index (χ4v) is 1.00. The highest BCUT2D eigenvalue weighted by Gasteiger charge is 2.06. The predicted octanol–water partition coefficient (Wildman–Crippen LogP) is 1.72. The van der Waals surface area contributed by atoms with Crippen LogP contribution in [0.5, 0.6) is 0 Å². The van der Waals surface area contributed by atoms with Crippen LogP contribution in [0.15, 0.2) is 4.52 Å². The largest absolute Gasteiger partial charge is 0.339 e. The number of aryl methyl sites for hydroxylation is 1. The second kappa shape index (κ2) is 4.61. The summed E-state index contributed by atoms with van der Waals surface area (Å²) >= 11 is 0.